The first kappa shape index (κ1) is 19.9. The second kappa shape index (κ2) is 9.78. The molecule has 2 nitrogen and oxygen atoms in total. The molecular formula is C18H39NO. The fourth-order valence-corrected chi connectivity index (χ4v) is 2.28. The van der Waals surface area contributed by atoms with E-state index in [1.165, 1.54) is 19.3 Å². The molecule has 0 amide bonds. The zero-order chi connectivity index (χ0) is 15.6. The van der Waals surface area contributed by atoms with Crippen LogP contribution in [0.2, 0.25) is 0 Å². The molecule has 0 heterocycles. The maximum absolute atomic E-state index is 9.94. The lowest BCUT2D eigenvalue weighted by Gasteiger charge is -2.19. The number of hydrogen-bond acceptors (Lipinski definition) is 2. The Morgan fingerprint density at radius 1 is 0.800 bits per heavy atom. The maximum atomic E-state index is 9.94. The molecule has 0 unspecified atom stereocenters. The second-order valence-corrected chi connectivity index (χ2v) is 8.69. The highest BCUT2D eigenvalue weighted by Crippen LogP contribution is 2.22. The number of unbranched alkanes of at least 4 members (excludes halogenated alkanes) is 2. The van der Waals surface area contributed by atoms with E-state index in [0.717, 1.165) is 38.8 Å². The first-order valence-electron chi connectivity index (χ1n) is 8.49. The van der Waals surface area contributed by atoms with E-state index in [9.17, 15) is 5.11 Å². The van der Waals surface area contributed by atoms with Crippen molar-refractivity contribution in [1.29, 1.82) is 0 Å². The molecular weight excluding hydrogens is 246 g/mol. The highest BCUT2D eigenvalue weighted by Gasteiger charge is 2.11. The number of aliphatic hydroxyl groups is 1. The first-order chi connectivity index (χ1) is 9.10. The molecule has 0 aliphatic rings. The summed E-state index contributed by atoms with van der Waals surface area (Å²) in [5, 5.41) is 13.4. The van der Waals surface area contributed by atoms with Gasteiger partial charge in [-0.2, -0.15) is 0 Å². The summed E-state index contributed by atoms with van der Waals surface area (Å²) in [7, 11) is 0. The van der Waals surface area contributed by atoms with Gasteiger partial charge >= 0.3 is 0 Å². The Hall–Kier alpha value is -0.0800. The number of nitrogens with one attached hydrogen (secondary N) is 1. The van der Waals surface area contributed by atoms with Crippen molar-refractivity contribution >= 4 is 0 Å². The average molecular weight is 286 g/mol. The van der Waals surface area contributed by atoms with Crippen LogP contribution in [0.5, 0.6) is 0 Å². The van der Waals surface area contributed by atoms with Crippen LogP contribution in [-0.4, -0.2) is 24.3 Å². The quantitative estimate of drug-likeness (QED) is 0.567. The molecule has 0 aliphatic heterocycles. The van der Waals surface area contributed by atoms with Gasteiger partial charge in [0.1, 0.15) is 0 Å². The fourth-order valence-electron chi connectivity index (χ4n) is 2.28. The summed E-state index contributed by atoms with van der Waals surface area (Å²) in [5.41, 5.74) is 0.779. The molecule has 122 valence electrons. The normalized spacial score (nSPS) is 14.6. The predicted molar refractivity (Wildman–Crippen MR) is 90.1 cm³/mol. The Morgan fingerprint density at radius 3 is 1.95 bits per heavy atom. The molecule has 20 heavy (non-hydrogen) atoms. The monoisotopic (exact) mass is 285 g/mol. The summed E-state index contributed by atoms with van der Waals surface area (Å²) in [6.07, 6.45) is 7.84. The van der Waals surface area contributed by atoms with Crippen LogP contribution in [0.15, 0.2) is 0 Å². The van der Waals surface area contributed by atoms with Crippen LogP contribution in [-0.2, 0) is 0 Å². The summed E-state index contributed by atoms with van der Waals surface area (Å²) in [6, 6.07) is 0. The van der Waals surface area contributed by atoms with Gasteiger partial charge in [0.2, 0.25) is 0 Å². The lowest BCUT2D eigenvalue weighted by atomic mass is 9.89. The Bertz CT molecular complexity index is 225. The minimum Gasteiger partial charge on any atom is -0.393 e. The van der Waals surface area contributed by atoms with Gasteiger partial charge in [0.25, 0.3) is 0 Å². The highest BCUT2D eigenvalue weighted by atomic mass is 16.3. The van der Waals surface area contributed by atoms with Gasteiger partial charge in [-0.15, -0.1) is 0 Å². The van der Waals surface area contributed by atoms with Crippen LogP contribution >= 0.6 is 0 Å². The molecule has 0 saturated carbocycles. The molecule has 0 bridgehead atoms. The van der Waals surface area contributed by atoms with Gasteiger partial charge < -0.3 is 10.4 Å². The summed E-state index contributed by atoms with van der Waals surface area (Å²) in [6.45, 7) is 15.8. The SMILES string of the molecule is CC(C)(C)CCC[C@H](O)CCCCCNCC(C)(C)C. The molecule has 0 aliphatic carbocycles. The van der Waals surface area contributed by atoms with Crippen LogP contribution in [0.4, 0.5) is 0 Å². The van der Waals surface area contributed by atoms with Gasteiger partial charge in [-0.3, -0.25) is 0 Å². The van der Waals surface area contributed by atoms with Crippen LogP contribution in [0, 0.1) is 10.8 Å². The minimum atomic E-state index is -0.0834. The molecule has 0 aromatic heterocycles. The third kappa shape index (κ3) is 16.0. The van der Waals surface area contributed by atoms with Gasteiger partial charge in [-0.25, -0.2) is 0 Å². The summed E-state index contributed by atoms with van der Waals surface area (Å²) < 4.78 is 0. The summed E-state index contributed by atoms with van der Waals surface area (Å²) in [5.74, 6) is 0. The van der Waals surface area contributed by atoms with E-state index in [-0.39, 0.29) is 6.10 Å². The van der Waals surface area contributed by atoms with Crippen LogP contribution < -0.4 is 5.32 Å². The third-order valence-corrected chi connectivity index (χ3v) is 3.51. The lowest BCUT2D eigenvalue weighted by Crippen LogP contribution is -2.27. The third-order valence-electron chi connectivity index (χ3n) is 3.51. The van der Waals surface area contributed by atoms with Crippen LogP contribution in [0.1, 0.15) is 86.5 Å². The summed E-state index contributed by atoms with van der Waals surface area (Å²) >= 11 is 0. The maximum Gasteiger partial charge on any atom is 0.0540 e. The van der Waals surface area contributed by atoms with Crippen molar-refractivity contribution in [1.82, 2.24) is 5.32 Å². The first-order valence-corrected chi connectivity index (χ1v) is 8.49. The van der Waals surface area contributed by atoms with Gasteiger partial charge in [0.15, 0.2) is 0 Å². The predicted octanol–water partition coefficient (Wildman–Crippen LogP) is 4.76. The van der Waals surface area contributed by atoms with Crippen LogP contribution in [0.25, 0.3) is 0 Å². The lowest BCUT2D eigenvalue weighted by molar-refractivity contribution is 0.143. The average Bonchev–Trinajstić information content (AvgIpc) is 2.24. The van der Waals surface area contributed by atoms with E-state index >= 15 is 0 Å². The Labute approximate surface area is 127 Å². The zero-order valence-electron chi connectivity index (χ0n) is 14.9. The molecule has 2 heteroatoms. The van der Waals surface area contributed by atoms with E-state index < -0.39 is 0 Å². The van der Waals surface area contributed by atoms with E-state index in [2.05, 4.69) is 46.9 Å². The van der Waals surface area contributed by atoms with Gasteiger partial charge in [-0.1, -0.05) is 60.8 Å². The van der Waals surface area contributed by atoms with Crippen LogP contribution in [0.3, 0.4) is 0 Å². The molecule has 0 aromatic rings. The molecule has 2 N–H and O–H groups in total. The Kier molecular flexibility index (Phi) is 9.74. The van der Waals surface area contributed by atoms with Crippen molar-refractivity contribution in [3.05, 3.63) is 0 Å². The Balaban J connectivity index is 3.34. The van der Waals surface area contributed by atoms with E-state index in [1.54, 1.807) is 0 Å². The molecule has 0 rings (SSSR count). The van der Waals surface area contributed by atoms with Crippen molar-refractivity contribution in [2.75, 3.05) is 13.1 Å². The molecule has 0 aromatic carbocycles. The van der Waals surface area contributed by atoms with Crippen molar-refractivity contribution in [3.63, 3.8) is 0 Å². The van der Waals surface area contributed by atoms with Crippen molar-refractivity contribution in [3.8, 4) is 0 Å². The number of hydrogen-bond donors (Lipinski definition) is 2. The molecule has 0 spiro atoms. The molecule has 0 saturated heterocycles. The van der Waals surface area contributed by atoms with E-state index in [0.29, 0.717) is 10.8 Å². The van der Waals surface area contributed by atoms with Crippen molar-refractivity contribution < 1.29 is 5.11 Å². The van der Waals surface area contributed by atoms with E-state index in [4.69, 9.17) is 0 Å². The minimum absolute atomic E-state index is 0.0834. The largest absolute Gasteiger partial charge is 0.393 e. The van der Waals surface area contributed by atoms with E-state index in [1.807, 2.05) is 0 Å². The molecule has 0 fully saturated rings. The Morgan fingerprint density at radius 2 is 1.40 bits per heavy atom. The van der Waals surface area contributed by atoms with Gasteiger partial charge in [0, 0.05) is 0 Å². The standard InChI is InChI=1S/C18H39NO/c1-17(2,3)13-10-12-16(20)11-8-7-9-14-19-15-18(4,5)6/h16,19-20H,7-15H2,1-6H3/t16-/m1/s1. The number of rotatable bonds is 10. The van der Waals surface area contributed by atoms with Crippen molar-refractivity contribution in [2.45, 2.75) is 92.6 Å². The topological polar surface area (TPSA) is 32.3 Å². The molecule has 0 radical (unpaired) electrons. The highest BCUT2D eigenvalue weighted by molar-refractivity contribution is 4.66. The number of aliphatic hydroxyl groups excluding tert-OH is 1. The van der Waals surface area contributed by atoms with Crippen molar-refractivity contribution in [2.24, 2.45) is 10.8 Å². The molecule has 1 atom stereocenters. The summed E-state index contributed by atoms with van der Waals surface area (Å²) in [4.78, 5) is 0. The smallest absolute Gasteiger partial charge is 0.0540 e. The van der Waals surface area contributed by atoms with Gasteiger partial charge in [-0.05, 0) is 49.6 Å². The van der Waals surface area contributed by atoms with Gasteiger partial charge in [0.05, 0.1) is 6.10 Å². The second-order valence-electron chi connectivity index (χ2n) is 8.69. The zero-order valence-corrected chi connectivity index (χ0v) is 14.9. The fraction of sp³-hybridized carbons (Fsp3) is 1.00.